The van der Waals surface area contributed by atoms with E-state index in [4.69, 9.17) is 4.74 Å². The Morgan fingerprint density at radius 1 is 1.35 bits per heavy atom. The van der Waals surface area contributed by atoms with E-state index in [2.05, 4.69) is 0 Å². The number of methoxy groups -OCH3 is 1. The van der Waals surface area contributed by atoms with E-state index in [1.165, 1.54) is 0 Å². The highest BCUT2D eigenvalue weighted by Crippen LogP contribution is 2.28. The Kier molecular flexibility index (Phi) is 4.23. The Morgan fingerprint density at radius 2 is 2.05 bits per heavy atom. The monoisotopic (exact) mass is 275 g/mol. The van der Waals surface area contributed by atoms with Crippen molar-refractivity contribution < 1.29 is 14.3 Å². The number of fused-ring (bicyclic) bond motifs is 1. The minimum Gasteiger partial charge on any atom is -0.378 e. The van der Waals surface area contributed by atoms with Crippen molar-refractivity contribution in [2.75, 3.05) is 18.6 Å². The number of ketones is 1. The molecule has 0 atom stereocenters. The van der Waals surface area contributed by atoms with Gasteiger partial charge in [0, 0.05) is 25.6 Å². The number of rotatable bonds is 3. The van der Waals surface area contributed by atoms with E-state index in [-0.39, 0.29) is 11.7 Å². The van der Waals surface area contributed by atoms with Crippen LogP contribution in [0.25, 0.3) is 0 Å². The zero-order valence-corrected chi connectivity index (χ0v) is 12.3. The van der Waals surface area contributed by atoms with Crippen LogP contribution in [0.3, 0.4) is 0 Å². The predicted molar refractivity (Wildman–Crippen MR) is 78.1 cm³/mol. The lowest BCUT2D eigenvalue weighted by Crippen LogP contribution is -2.38. The molecule has 1 aliphatic heterocycles. The first kappa shape index (κ1) is 14.7. The third kappa shape index (κ3) is 3.07. The maximum absolute atomic E-state index is 12.5. The standard InChI is InChI=1S/C16H21NO3/c1-16(2,20-3)11-15(19)17-10-6-9-14(18)12-7-4-5-8-13(12)17/h4-5,7-8H,6,9-11H2,1-3H3. The lowest BCUT2D eigenvalue weighted by molar-refractivity contribution is -0.123. The van der Waals surface area contributed by atoms with Crippen LogP contribution in [0.15, 0.2) is 24.3 Å². The molecule has 1 heterocycles. The average molecular weight is 275 g/mol. The van der Waals surface area contributed by atoms with Gasteiger partial charge in [-0.05, 0) is 32.4 Å². The van der Waals surface area contributed by atoms with Crippen LogP contribution in [-0.4, -0.2) is 30.9 Å². The number of para-hydroxylation sites is 1. The van der Waals surface area contributed by atoms with Gasteiger partial charge in [0.05, 0.1) is 17.7 Å². The fourth-order valence-corrected chi connectivity index (χ4v) is 2.39. The summed E-state index contributed by atoms with van der Waals surface area (Å²) in [5.41, 5.74) is 0.878. The van der Waals surface area contributed by atoms with E-state index in [1.54, 1.807) is 18.1 Å². The second-order valence-electron chi connectivity index (χ2n) is 5.73. The van der Waals surface area contributed by atoms with Crippen LogP contribution >= 0.6 is 0 Å². The van der Waals surface area contributed by atoms with Crippen molar-refractivity contribution in [3.63, 3.8) is 0 Å². The van der Waals surface area contributed by atoms with Gasteiger partial charge in [-0.1, -0.05) is 12.1 Å². The maximum atomic E-state index is 12.5. The summed E-state index contributed by atoms with van der Waals surface area (Å²) in [7, 11) is 1.60. The van der Waals surface area contributed by atoms with E-state index in [1.807, 2.05) is 32.0 Å². The van der Waals surface area contributed by atoms with Crippen LogP contribution in [0.4, 0.5) is 5.69 Å². The van der Waals surface area contributed by atoms with Gasteiger partial charge in [-0.3, -0.25) is 9.59 Å². The molecule has 2 rings (SSSR count). The summed E-state index contributed by atoms with van der Waals surface area (Å²) < 4.78 is 5.33. The Bertz CT molecular complexity index is 522. The van der Waals surface area contributed by atoms with Crippen LogP contribution in [0.1, 0.15) is 43.5 Å². The fraction of sp³-hybridized carbons (Fsp3) is 0.500. The summed E-state index contributed by atoms with van der Waals surface area (Å²) in [6.45, 7) is 4.36. The van der Waals surface area contributed by atoms with Gasteiger partial charge >= 0.3 is 0 Å². The number of nitrogens with zero attached hydrogens (tertiary/aromatic N) is 1. The van der Waals surface area contributed by atoms with Crippen LogP contribution in [0.2, 0.25) is 0 Å². The molecule has 1 aromatic rings. The second-order valence-corrected chi connectivity index (χ2v) is 5.73. The van der Waals surface area contributed by atoms with Crippen LogP contribution in [-0.2, 0) is 9.53 Å². The summed E-state index contributed by atoms with van der Waals surface area (Å²) in [6.07, 6.45) is 1.49. The van der Waals surface area contributed by atoms with Crippen molar-refractivity contribution in [3.05, 3.63) is 29.8 Å². The topological polar surface area (TPSA) is 46.6 Å². The zero-order valence-electron chi connectivity index (χ0n) is 12.3. The van der Waals surface area contributed by atoms with E-state index in [9.17, 15) is 9.59 Å². The summed E-state index contributed by atoms with van der Waals surface area (Å²) in [4.78, 5) is 26.3. The molecule has 1 aromatic carbocycles. The Hall–Kier alpha value is -1.68. The van der Waals surface area contributed by atoms with Crippen molar-refractivity contribution in [1.82, 2.24) is 0 Å². The highest BCUT2D eigenvalue weighted by atomic mass is 16.5. The van der Waals surface area contributed by atoms with Crippen LogP contribution in [0.5, 0.6) is 0 Å². The van der Waals surface area contributed by atoms with Gasteiger partial charge in [0.1, 0.15) is 0 Å². The van der Waals surface area contributed by atoms with Gasteiger partial charge in [0.15, 0.2) is 5.78 Å². The molecule has 0 aliphatic carbocycles. The largest absolute Gasteiger partial charge is 0.378 e. The van der Waals surface area contributed by atoms with Crippen molar-refractivity contribution in [3.8, 4) is 0 Å². The Morgan fingerprint density at radius 3 is 2.75 bits per heavy atom. The molecule has 0 aromatic heterocycles. The molecule has 0 fully saturated rings. The van der Waals surface area contributed by atoms with E-state index >= 15 is 0 Å². The molecule has 108 valence electrons. The molecule has 0 radical (unpaired) electrons. The third-order valence-corrected chi connectivity index (χ3v) is 3.71. The smallest absolute Gasteiger partial charge is 0.229 e. The molecule has 0 bridgehead atoms. The number of hydrogen-bond acceptors (Lipinski definition) is 3. The number of benzene rings is 1. The number of carbonyl (C=O) groups excluding carboxylic acids is 2. The second kappa shape index (κ2) is 5.75. The number of ether oxygens (including phenoxy) is 1. The van der Waals surface area contributed by atoms with Gasteiger partial charge in [-0.2, -0.15) is 0 Å². The first-order valence-electron chi connectivity index (χ1n) is 6.92. The van der Waals surface area contributed by atoms with Crippen LogP contribution in [0, 0.1) is 0 Å². The molecule has 20 heavy (non-hydrogen) atoms. The normalized spacial score (nSPS) is 15.8. The Labute approximate surface area is 119 Å². The first-order valence-corrected chi connectivity index (χ1v) is 6.92. The number of Topliss-reactive ketones (excluding diaryl/α,β-unsaturated/α-hetero) is 1. The van der Waals surface area contributed by atoms with Gasteiger partial charge in [-0.25, -0.2) is 0 Å². The summed E-state index contributed by atoms with van der Waals surface area (Å²) in [5.74, 6) is 0.112. The molecule has 0 N–H and O–H groups in total. The lowest BCUT2D eigenvalue weighted by Gasteiger charge is -2.28. The van der Waals surface area contributed by atoms with Crippen molar-refractivity contribution >= 4 is 17.4 Å². The number of anilines is 1. The zero-order chi connectivity index (χ0) is 14.8. The number of carbonyl (C=O) groups is 2. The molecule has 0 saturated heterocycles. The summed E-state index contributed by atoms with van der Waals surface area (Å²) >= 11 is 0. The quantitative estimate of drug-likeness (QED) is 0.852. The molecule has 1 amide bonds. The molecule has 0 saturated carbocycles. The summed E-state index contributed by atoms with van der Waals surface area (Å²) in [6, 6.07) is 7.34. The van der Waals surface area contributed by atoms with Crippen LogP contribution < -0.4 is 4.90 Å². The molecule has 0 unspecified atom stereocenters. The first-order chi connectivity index (χ1) is 9.44. The number of amides is 1. The molecule has 1 aliphatic rings. The van der Waals surface area contributed by atoms with Crippen molar-refractivity contribution in [1.29, 1.82) is 0 Å². The predicted octanol–water partition coefficient (Wildman–Crippen LogP) is 2.81. The van der Waals surface area contributed by atoms with Crippen molar-refractivity contribution in [2.24, 2.45) is 0 Å². The highest BCUT2D eigenvalue weighted by Gasteiger charge is 2.29. The van der Waals surface area contributed by atoms with E-state index in [0.717, 1.165) is 5.69 Å². The van der Waals surface area contributed by atoms with Gasteiger partial charge in [-0.15, -0.1) is 0 Å². The average Bonchev–Trinajstić information content (AvgIpc) is 2.58. The van der Waals surface area contributed by atoms with E-state index < -0.39 is 5.60 Å². The minimum atomic E-state index is -0.498. The third-order valence-electron chi connectivity index (χ3n) is 3.71. The van der Waals surface area contributed by atoms with Gasteiger partial charge in [0.25, 0.3) is 0 Å². The van der Waals surface area contributed by atoms with E-state index in [0.29, 0.717) is 31.4 Å². The molecule has 4 heteroatoms. The molecular formula is C16H21NO3. The Balaban J connectivity index is 2.30. The van der Waals surface area contributed by atoms with Crippen molar-refractivity contribution in [2.45, 2.75) is 38.7 Å². The van der Waals surface area contributed by atoms with Gasteiger partial charge in [0.2, 0.25) is 5.91 Å². The molecular weight excluding hydrogens is 254 g/mol. The molecule has 0 spiro atoms. The lowest BCUT2D eigenvalue weighted by atomic mass is 10.0. The summed E-state index contributed by atoms with van der Waals surface area (Å²) in [5, 5.41) is 0. The number of hydrogen-bond donors (Lipinski definition) is 0. The minimum absolute atomic E-state index is 0.000926. The highest BCUT2D eigenvalue weighted by molar-refractivity contribution is 6.06. The fourth-order valence-electron chi connectivity index (χ4n) is 2.39. The maximum Gasteiger partial charge on any atom is 0.229 e. The SMILES string of the molecule is COC(C)(C)CC(=O)N1CCCC(=O)c2ccccc21. The van der Waals surface area contributed by atoms with Gasteiger partial charge < -0.3 is 9.64 Å². The molecule has 4 nitrogen and oxygen atoms in total.